The molecule has 7 heteroatoms. The molecule has 0 aromatic rings. The predicted octanol–water partition coefficient (Wildman–Crippen LogP) is -0.386. The van der Waals surface area contributed by atoms with Crippen LogP contribution in [0, 0.1) is 0 Å². The van der Waals surface area contributed by atoms with Crippen LogP contribution in [0.3, 0.4) is 0 Å². The summed E-state index contributed by atoms with van der Waals surface area (Å²) in [4.78, 5) is 14.2. The lowest BCUT2D eigenvalue weighted by Crippen LogP contribution is -2.44. The van der Waals surface area contributed by atoms with E-state index in [2.05, 4.69) is 10.2 Å². The summed E-state index contributed by atoms with van der Waals surface area (Å²) in [6, 6.07) is 0. The molecule has 1 rings (SSSR count). The second-order valence-electron chi connectivity index (χ2n) is 6.65. The quantitative estimate of drug-likeness (QED) is 0.308. The highest BCUT2D eigenvalue weighted by molar-refractivity contribution is 5.75. The van der Waals surface area contributed by atoms with E-state index in [1.165, 1.54) is 32.4 Å². The summed E-state index contributed by atoms with van der Waals surface area (Å²) in [7, 11) is 0. The summed E-state index contributed by atoms with van der Waals surface area (Å²) in [6.07, 6.45) is 3.43. The summed E-state index contributed by atoms with van der Waals surface area (Å²) >= 11 is 0. The highest BCUT2D eigenvalue weighted by Gasteiger charge is 2.24. The fourth-order valence-corrected chi connectivity index (χ4v) is 2.97. The molecule has 142 valence electrons. The Hall–Kier alpha value is -0.730. The van der Waals surface area contributed by atoms with Crippen molar-refractivity contribution in [2.75, 3.05) is 32.8 Å². The maximum absolute atomic E-state index is 11.7. The summed E-state index contributed by atoms with van der Waals surface area (Å²) in [5.74, 6) is -0.157. The van der Waals surface area contributed by atoms with E-state index in [1.54, 1.807) is 0 Å². The van der Waals surface area contributed by atoms with Gasteiger partial charge in [-0.2, -0.15) is 0 Å². The molecular formula is C17H34N2O5. The molecule has 1 aliphatic heterocycles. The number of amides is 1. The van der Waals surface area contributed by atoms with Crippen molar-refractivity contribution in [3.63, 3.8) is 0 Å². The Balaban J connectivity index is 2.02. The van der Waals surface area contributed by atoms with Gasteiger partial charge in [-0.3, -0.25) is 4.79 Å². The molecule has 24 heavy (non-hydrogen) atoms. The van der Waals surface area contributed by atoms with E-state index in [1.807, 2.05) is 0 Å². The second kappa shape index (κ2) is 12.6. The van der Waals surface area contributed by atoms with Crippen LogP contribution < -0.4 is 5.32 Å². The van der Waals surface area contributed by atoms with Crippen LogP contribution in [0.2, 0.25) is 0 Å². The number of unbranched alkanes of at least 4 members (excludes halogenated alkanes) is 2. The van der Waals surface area contributed by atoms with E-state index in [0.717, 1.165) is 25.8 Å². The Morgan fingerprint density at radius 1 is 1.00 bits per heavy atom. The van der Waals surface area contributed by atoms with Crippen molar-refractivity contribution in [1.29, 1.82) is 0 Å². The lowest BCUT2D eigenvalue weighted by atomic mass is 10.1. The van der Waals surface area contributed by atoms with Crippen LogP contribution in [-0.2, 0) is 4.79 Å². The third-order valence-corrected chi connectivity index (χ3v) is 4.55. The molecular weight excluding hydrogens is 312 g/mol. The molecule has 0 saturated carbocycles. The fraction of sp³-hybridized carbons (Fsp3) is 0.941. The molecule has 3 atom stereocenters. The zero-order chi connectivity index (χ0) is 17.8. The van der Waals surface area contributed by atoms with Crippen LogP contribution in [0.1, 0.15) is 51.4 Å². The third-order valence-electron chi connectivity index (χ3n) is 4.55. The SMILES string of the molecule is O=C(CCCCCN1CCCCC1)NCC(O)C(O)C(O)CCO. The van der Waals surface area contributed by atoms with E-state index in [4.69, 9.17) is 5.11 Å². The van der Waals surface area contributed by atoms with Crippen molar-refractivity contribution in [2.45, 2.75) is 69.7 Å². The second-order valence-corrected chi connectivity index (χ2v) is 6.65. The monoisotopic (exact) mass is 346 g/mol. The van der Waals surface area contributed by atoms with Crippen molar-refractivity contribution in [2.24, 2.45) is 0 Å². The van der Waals surface area contributed by atoms with Gasteiger partial charge < -0.3 is 30.6 Å². The van der Waals surface area contributed by atoms with Crippen LogP contribution in [0.5, 0.6) is 0 Å². The molecule has 0 aromatic heterocycles. The van der Waals surface area contributed by atoms with Gasteiger partial charge in [0.1, 0.15) is 6.10 Å². The standard InChI is InChI=1S/C17H34N2O5/c20-12-8-14(21)17(24)15(22)13-18-16(23)7-3-1-4-9-19-10-5-2-6-11-19/h14-15,17,20-22,24H,1-13H2,(H,18,23). The average molecular weight is 346 g/mol. The number of nitrogens with zero attached hydrogens (tertiary/aromatic N) is 1. The molecule has 1 heterocycles. The highest BCUT2D eigenvalue weighted by Crippen LogP contribution is 2.10. The van der Waals surface area contributed by atoms with Crippen LogP contribution in [0.4, 0.5) is 0 Å². The normalized spacial score (nSPS) is 19.7. The first-order valence-corrected chi connectivity index (χ1v) is 9.18. The van der Waals surface area contributed by atoms with Gasteiger partial charge in [0.15, 0.2) is 0 Å². The number of nitrogens with one attached hydrogen (secondary N) is 1. The van der Waals surface area contributed by atoms with Crippen molar-refractivity contribution < 1.29 is 25.2 Å². The maximum Gasteiger partial charge on any atom is 0.220 e. The molecule has 3 unspecified atom stereocenters. The molecule has 0 aliphatic carbocycles. The minimum absolute atomic E-state index is 0.0107. The zero-order valence-electron chi connectivity index (χ0n) is 14.6. The highest BCUT2D eigenvalue weighted by atomic mass is 16.4. The summed E-state index contributed by atoms with van der Waals surface area (Å²) in [5.41, 5.74) is 0. The van der Waals surface area contributed by atoms with E-state index >= 15 is 0 Å². The van der Waals surface area contributed by atoms with Gasteiger partial charge >= 0.3 is 0 Å². The molecule has 0 radical (unpaired) electrons. The van der Waals surface area contributed by atoms with Gasteiger partial charge in [-0.1, -0.05) is 12.8 Å². The number of hydrogen-bond acceptors (Lipinski definition) is 6. The van der Waals surface area contributed by atoms with Crippen LogP contribution in [0.25, 0.3) is 0 Å². The third kappa shape index (κ3) is 8.94. The summed E-state index contributed by atoms with van der Waals surface area (Å²) in [6.45, 7) is 3.13. The van der Waals surface area contributed by atoms with Gasteiger partial charge in [0.2, 0.25) is 5.91 Å². The molecule has 0 spiro atoms. The number of piperidine rings is 1. The number of rotatable bonds is 12. The molecule has 1 amide bonds. The van der Waals surface area contributed by atoms with E-state index in [-0.39, 0.29) is 25.5 Å². The Kier molecular flexibility index (Phi) is 11.2. The minimum atomic E-state index is -1.37. The molecule has 0 bridgehead atoms. The Bertz CT molecular complexity index is 337. The van der Waals surface area contributed by atoms with Gasteiger partial charge in [0, 0.05) is 19.6 Å². The number of aliphatic hydroxyl groups excluding tert-OH is 4. The number of carbonyl (C=O) groups is 1. The molecule has 0 aromatic carbocycles. The average Bonchev–Trinajstić information content (AvgIpc) is 2.59. The Morgan fingerprint density at radius 2 is 1.71 bits per heavy atom. The van der Waals surface area contributed by atoms with Crippen LogP contribution in [-0.4, -0.2) is 82.3 Å². The first kappa shape index (κ1) is 21.3. The number of hydrogen-bond donors (Lipinski definition) is 5. The van der Waals surface area contributed by atoms with Crippen molar-refractivity contribution in [3.05, 3.63) is 0 Å². The van der Waals surface area contributed by atoms with E-state index in [9.17, 15) is 20.1 Å². The smallest absolute Gasteiger partial charge is 0.220 e. The zero-order valence-corrected chi connectivity index (χ0v) is 14.6. The Labute approximate surface area is 144 Å². The largest absolute Gasteiger partial charge is 0.396 e. The molecule has 1 fully saturated rings. The molecule has 5 N–H and O–H groups in total. The van der Waals surface area contributed by atoms with Crippen molar-refractivity contribution >= 4 is 5.91 Å². The predicted molar refractivity (Wildman–Crippen MR) is 91.5 cm³/mol. The molecule has 1 aliphatic rings. The Morgan fingerprint density at radius 3 is 2.38 bits per heavy atom. The van der Waals surface area contributed by atoms with Crippen LogP contribution >= 0.6 is 0 Å². The topological polar surface area (TPSA) is 113 Å². The first-order valence-electron chi connectivity index (χ1n) is 9.18. The van der Waals surface area contributed by atoms with E-state index < -0.39 is 18.3 Å². The fourth-order valence-electron chi connectivity index (χ4n) is 2.97. The van der Waals surface area contributed by atoms with Gasteiger partial charge in [-0.05, 0) is 51.7 Å². The minimum Gasteiger partial charge on any atom is -0.396 e. The lowest BCUT2D eigenvalue weighted by molar-refractivity contribution is -0.122. The van der Waals surface area contributed by atoms with Gasteiger partial charge in [0.05, 0.1) is 12.2 Å². The van der Waals surface area contributed by atoms with Crippen molar-refractivity contribution in [1.82, 2.24) is 10.2 Å². The van der Waals surface area contributed by atoms with Gasteiger partial charge in [-0.15, -0.1) is 0 Å². The van der Waals surface area contributed by atoms with Crippen LogP contribution in [0.15, 0.2) is 0 Å². The summed E-state index contributed by atoms with van der Waals surface area (Å²) in [5, 5.41) is 40.1. The number of likely N-dealkylation sites (tertiary alicyclic amines) is 1. The molecule has 1 saturated heterocycles. The lowest BCUT2D eigenvalue weighted by Gasteiger charge is -2.26. The van der Waals surface area contributed by atoms with Gasteiger partial charge in [-0.25, -0.2) is 0 Å². The van der Waals surface area contributed by atoms with Crippen molar-refractivity contribution in [3.8, 4) is 0 Å². The first-order chi connectivity index (χ1) is 11.5. The van der Waals surface area contributed by atoms with E-state index in [0.29, 0.717) is 6.42 Å². The van der Waals surface area contributed by atoms with Gasteiger partial charge in [0.25, 0.3) is 0 Å². The number of aliphatic hydroxyl groups is 4. The maximum atomic E-state index is 11.7. The molecule has 7 nitrogen and oxygen atoms in total. The summed E-state index contributed by atoms with van der Waals surface area (Å²) < 4.78 is 0. The number of carbonyl (C=O) groups excluding carboxylic acids is 1.